The molecule has 8 nitrogen and oxygen atoms in total. The molecule has 1 saturated heterocycles. The third-order valence-corrected chi connectivity index (χ3v) is 5.85. The molecule has 8 heteroatoms. The summed E-state index contributed by atoms with van der Waals surface area (Å²) in [6.07, 6.45) is 0.658. The van der Waals surface area contributed by atoms with Gasteiger partial charge < -0.3 is 20.3 Å². The molecule has 1 aliphatic rings. The number of aryl methyl sites for hydroxylation is 1. The Balaban J connectivity index is 1.71. The number of likely N-dealkylation sites (N-methyl/N-ethyl adjacent to an activating group) is 1. The number of rotatable bonds is 4. The molecule has 0 saturated carbocycles. The van der Waals surface area contributed by atoms with Crippen molar-refractivity contribution < 1.29 is 19.2 Å². The second kappa shape index (κ2) is 7.63. The molecule has 4 rings (SSSR count). The Morgan fingerprint density at radius 1 is 1.23 bits per heavy atom. The van der Waals surface area contributed by atoms with E-state index in [1.165, 1.54) is 4.90 Å². The van der Waals surface area contributed by atoms with E-state index in [1.807, 2.05) is 44.2 Å². The van der Waals surface area contributed by atoms with Crippen LogP contribution in [0.1, 0.15) is 35.2 Å². The number of nitrogens with two attached hydrogens (primary N) is 1. The number of likely N-dealkylation sites (tertiary alicyclic amines) is 1. The molecule has 3 heterocycles. The minimum atomic E-state index is -1.75. The number of carbonyl (C=O) groups excluding carboxylic acids is 2. The Morgan fingerprint density at radius 2 is 1.94 bits per heavy atom. The molecule has 0 radical (unpaired) electrons. The van der Waals surface area contributed by atoms with Gasteiger partial charge in [0.25, 0.3) is 11.8 Å². The van der Waals surface area contributed by atoms with Crippen LogP contribution in [0.3, 0.4) is 0 Å². The Morgan fingerprint density at radius 3 is 2.65 bits per heavy atom. The highest BCUT2D eigenvalue weighted by Crippen LogP contribution is 2.38. The lowest BCUT2D eigenvalue weighted by molar-refractivity contribution is -0.167. The van der Waals surface area contributed by atoms with Crippen molar-refractivity contribution in [1.29, 1.82) is 0 Å². The summed E-state index contributed by atoms with van der Waals surface area (Å²) in [6.45, 7) is 4.28. The van der Waals surface area contributed by atoms with E-state index < -0.39 is 17.4 Å². The van der Waals surface area contributed by atoms with E-state index in [1.54, 1.807) is 19.2 Å². The molecule has 3 aromatic rings. The lowest BCUT2D eigenvalue weighted by atomic mass is 9.80. The van der Waals surface area contributed by atoms with Crippen LogP contribution in [0.25, 0.3) is 22.5 Å². The van der Waals surface area contributed by atoms with Gasteiger partial charge in [0.05, 0.1) is 5.69 Å². The Bertz CT molecular complexity index is 1170. The first-order valence-corrected chi connectivity index (χ1v) is 10.0. The van der Waals surface area contributed by atoms with Gasteiger partial charge >= 0.3 is 0 Å². The number of carbonyl (C=O) groups is 2. The van der Waals surface area contributed by atoms with E-state index >= 15 is 0 Å². The highest BCUT2D eigenvalue weighted by molar-refractivity contribution is 5.91. The number of hydrogen-bond acceptors (Lipinski definition) is 6. The summed E-state index contributed by atoms with van der Waals surface area (Å²) < 4.78 is 5.44. The molecule has 0 bridgehead atoms. The largest absolute Gasteiger partial charge is 0.373 e. The molecule has 2 aromatic heterocycles. The van der Waals surface area contributed by atoms with Crippen LogP contribution in [0, 0.1) is 12.8 Å². The number of primary amides is 1. The summed E-state index contributed by atoms with van der Waals surface area (Å²) in [7, 11) is 1.66. The fourth-order valence-electron chi connectivity index (χ4n) is 3.92. The fraction of sp³-hybridized carbons (Fsp3) is 0.304. The molecule has 1 unspecified atom stereocenters. The molecule has 1 aromatic carbocycles. The van der Waals surface area contributed by atoms with E-state index in [9.17, 15) is 14.7 Å². The minimum absolute atomic E-state index is 0.127. The molecule has 1 aliphatic heterocycles. The van der Waals surface area contributed by atoms with Gasteiger partial charge in [-0.25, -0.2) is 4.98 Å². The number of hydrogen-bond donors (Lipinski definition) is 2. The van der Waals surface area contributed by atoms with Crippen LogP contribution in [-0.2, 0) is 10.4 Å². The van der Waals surface area contributed by atoms with Crippen molar-refractivity contribution in [2.24, 2.45) is 11.7 Å². The number of aliphatic hydroxyl groups is 1. The number of nitrogens with zero attached hydrogens (tertiary/aromatic N) is 3. The third-order valence-electron chi connectivity index (χ3n) is 5.85. The van der Waals surface area contributed by atoms with Crippen molar-refractivity contribution in [3.05, 3.63) is 59.5 Å². The maximum atomic E-state index is 12.7. The standard InChI is InChI=1S/C23H24N4O4/c1-13-9-17(25-19(10-13)21(24)28)15-5-4-6-16(11-15)18-12-20(31-26-18)23(30)14(2)7-8-27(3)22(23)29/h4-6,9-12,14,30H,7-8H2,1-3H3,(H2,24,28)/t14-,23?/m0/s1. The van der Waals surface area contributed by atoms with Crippen molar-refractivity contribution in [3.8, 4) is 22.5 Å². The molecule has 160 valence electrons. The van der Waals surface area contributed by atoms with Crippen LogP contribution < -0.4 is 5.73 Å². The highest BCUT2D eigenvalue weighted by Gasteiger charge is 2.50. The van der Waals surface area contributed by atoms with Gasteiger partial charge in [0.2, 0.25) is 5.60 Å². The van der Waals surface area contributed by atoms with Gasteiger partial charge in [-0.1, -0.05) is 30.3 Å². The molecule has 2 atom stereocenters. The Kier molecular flexibility index (Phi) is 5.10. The lowest BCUT2D eigenvalue weighted by Crippen LogP contribution is -2.54. The van der Waals surface area contributed by atoms with E-state index in [2.05, 4.69) is 10.1 Å². The molecular formula is C23H24N4O4. The van der Waals surface area contributed by atoms with E-state index in [-0.39, 0.29) is 17.4 Å². The second-order valence-electron chi connectivity index (χ2n) is 8.12. The normalized spacial score (nSPS) is 21.4. The summed E-state index contributed by atoms with van der Waals surface area (Å²) in [5, 5.41) is 15.3. The third kappa shape index (κ3) is 3.59. The zero-order valence-electron chi connectivity index (χ0n) is 17.6. The van der Waals surface area contributed by atoms with Crippen LogP contribution >= 0.6 is 0 Å². The molecule has 1 fully saturated rings. The first kappa shape index (κ1) is 20.7. The molecule has 3 N–H and O–H groups in total. The van der Waals surface area contributed by atoms with Gasteiger partial charge in [0.1, 0.15) is 11.4 Å². The zero-order valence-corrected chi connectivity index (χ0v) is 17.6. The van der Waals surface area contributed by atoms with E-state index in [0.29, 0.717) is 24.4 Å². The van der Waals surface area contributed by atoms with Crippen molar-refractivity contribution >= 4 is 11.8 Å². The molecule has 2 amide bonds. The molecule has 31 heavy (non-hydrogen) atoms. The predicted molar refractivity (Wildman–Crippen MR) is 114 cm³/mol. The summed E-state index contributed by atoms with van der Waals surface area (Å²) in [5.74, 6) is -1.16. The summed E-state index contributed by atoms with van der Waals surface area (Å²) in [6, 6.07) is 12.5. The van der Waals surface area contributed by atoms with Crippen LogP contribution in [0.2, 0.25) is 0 Å². The SMILES string of the molecule is Cc1cc(C(N)=O)nc(-c2cccc(-c3cc(C4(O)C(=O)N(C)CC[C@@H]4C)on3)c2)c1. The predicted octanol–water partition coefficient (Wildman–Crippen LogP) is 2.50. The average molecular weight is 420 g/mol. The first-order chi connectivity index (χ1) is 14.7. The summed E-state index contributed by atoms with van der Waals surface area (Å²) in [4.78, 5) is 30.1. The van der Waals surface area contributed by atoms with Gasteiger partial charge in [0.15, 0.2) is 5.76 Å². The Labute approximate surface area is 179 Å². The van der Waals surface area contributed by atoms with E-state index in [4.69, 9.17) is 10.3 Å². The maximum absolute atomic E-state index is 12.7. The number of amides is 2. The zero-order chi connectivity index (χ0) is 22.3. The highest BCUT2D eigenvalue weighted by atomic mass is 16.5. The van der Waals surface area contributed by atoms with E-state index in [0.717, 1.165) is 16.7 Å². The molecule has 0 aliphatic carbocycles. The number of aromatic nitrogens is 2. The van der Waals surface area contributed by atoms with Crippen LogP contribution in [0.4, 0.5) is 0 Å². The van der Waals surface area contributed by atoms with Crippen LogP contribution in [0.15, 0.2) is 47.0 Å². The molecular weight excluding hydrogens is 396 g/mol. The quantitative estimate of drug-likeness (QED) is 0.669. The van der Waals surface area contributed by atoms with Gasteiger partial charge in [-0.3, -0.25) is 9.59 Å². The molecule has 0 spiro atoms. The lowest BCUT2D eigenvalue weighted by Gasteiger charge is -2.39. The maximum Gasteiger partial charge on any atom is 0.267 e. The Hall–Kier alpha value is -3.52. The van der Waals surface area contributed by atoms with Gasteiger partial charge in [-0.15, -0.1) is 0 Å². The smallest absolute Gasteiger partial charge is 0.267 e. The van der Waals surface area contributed by atoms with Crippen molar-refractivity contribution in [1.82, 2.24) is 15.0 Å². The van der Waals surface area contributed by atoms with Crippen molar-refractivity contribution in [3.63, 3.8) is 0 Å². The van der Waals surface area contributed by atoms with Gasteiger partial charge in [0, 0.05) is 36.7 Å². The topological polar surface area (TPSA) is 123 Å². The van der Waals surface area contributed by atoms with Crippen LogP contribution in [0.5, 0.6) is 0 Å². The summed E-state index contributed by atoms with van der Waals surface area (Å²) in [5.41, 5.74) is 7.30. The number of benzene rings is 1. The average Bonchev–Trinajstić information content (AvgIpc) is 3.25. The fourth-order valence-corrected chi connectivity index (χ4v) is 3.92. The summed E-state index contributed by atoms with van der Waals surface area (Å²) >= 11 is 0. The number of piperidine rings is 1. The van der Waals surface area contributed by atoms with Crippen molar-refractivity contribution in [2.75, 3.05) is 13.6 Å². The first-order valence-electron chi connectivity index (χ1n) is 10.0. The van der Waals surface area contributed by atoms with Crippen LogP contribution in [-0.4, -0.2) is 45.6 Å². The number of pyridine rings is 1. The van der Waals surface area contributed by atoms with Crippen molar-refractivity contribution in [2.45, 2.75) is 25.9 Å². The monoisotopic (exact) mass is 420 g/mol. The second-order valence-corrected chi connectivity index (χ2v) is 8.12. The van der Waals surface area contributed by atoms with Gasteiger partial charge in [-0.05, 0) is 37.1 Å². The van der Waals surface area contributed by atoms with Gasteiger partial charge in [-0.2, -0.15) is 0 Å². The minimum Gasteiger partial charge on any atom is -0.373 e.